The van der Waals surface area contributed by atoms with Gasteiger partial charge in [0.25, 0.3) is 0 Å². The molecule has 3 aromatic rings. The molecule has 3 nitrogen and oxygen atoms in total. The standard InChI is InChI=1S/C25H28N2O/c1-28-23-10-5-9-21(18-23)17-22-12-13-24(26-19-22)25-11-6-15-27(25)16-14-20-7-3-2-4-8-20/h2-5,7-10,12-13,18-19,25H,6,11,14-17H2,1H3/t25-/m1/s1. The van der Waals surface area contributed by atoms with E-state index in [1.807, 2.05) is 18.3 Å². The van der Waals surface area contributed by atoms with Crippen LogP contribution in [-0.4, -0.2) is 30.1 Å². The van der Waals surface area contributed by atoms with Crippen molar-refractivity contribution >= 4 is 0 Å². The van der Waals surface area contributed by atoms with Crippen LogP contribution < -0.4 is 4.74 Å². The van der Waals surface area contributed by atoms with Gasteiger partial charge in [-0.05, 0) is 67.1 Å². The van der Waals surface area contributed by atoms with Crippen LogP contribution in [0.5, 0.6) is 5.75 Å². The van der Waals surface area contributed by atoms with E-state index >= 15 is 0 Å². The van der Waals surface area contributed by atoms with Crippen molar-refractivity contribution in [1.29, 1.82) is 0 Å². The Morgan fingerprint density at radius 3 is 2.61 bits per heavy atom. The van der Waals surface area contributed by atoms with Crippen molar-refractivity contribution in [2.75, 3.05) is 20.2 Å². The summed E-state index contributed by atoms with van der Waals surface area (Å²) >= 11 is 0. The molecule has 0 amide bonds. The minimum Gasteiger partial charge on any atom is -0.497 e. The molecular weight excluding hydrogens is 344 g/mol. The number of likely N-dealkylation sites (tertiary alicyclic amines) is 1. The maximum absolute atomic E-state index is 5.32. The fraction of sp³-hybridized carbons (Fsp3) is 0.320. The molecule has 1 aromatic heterocycles. The first-order chi connectivity index (χ1) is 13.8. The third kappa shape index (κ3) is 4.60. The van der Waals surface area contributed by atoms with Gasteiger partial charge in [-0.1, -0.05) is 48.5 Å². The van der Waals surface area contributed by atoms with Crippen LogP contribution in [0.1, 0.15) is 41.3 Å². The van der Waals surface area contributed by atoms with Gasteiger partial charge in [0, 0.05) is 12.7 Å². The summed E-state index contributed by atoms with van der Waals surface area (Å²) in [4.78, 5) is 7.43. The van der Waals surface area contributed by atoms with Crippen molar-refractivity contribution in [2.24, 2.45) is 0 Å². The fourth-order valence-electron chi connectivity index (χ4n) is 4.10. The molecule has 3 heteroatoms. The molecule has 0 spiro atoms. The van der Waals surface area contributed by atoms with E-state index in [-0.39, 0.29) is 0 Å². The van der Waals surface area contributed by atoms with E-state index in [9.17, 15) is 0 Å². The number of rotatable bonds is 7. The molecule has 1 saturated heterocycles. The molecule has 0 bridgehead atoms. The van der Waals surface area contributed by atoms with Gasteiger partial charge in [-0.2, -0.15) is 0 Å². The van der Waals surface area contributed by atoms with Gasteiger partial charge in [0.1, 0.15) is 5.75 Å². The Balaban J connectivity index is 1.39. The van der Waals surface area contributed by atoms with E-state index in [0.717, 1.165) is 25.1 Å². The molecule has 1 aliphatic rings. The Kier molecular flexibility index (Phi) is 6.03. The smallest absolute Gasteiger partial charge is 0.119 e. The second kappa shape index (κ2) is 9.03. The van der Waals surface area contributed by atoms with Crippen molar-refractivity contribution < 1.29 is 4.74 Å². The second-order valence-corrected chi connectivity index (χ2v) is 7.55. The van der Waals surface area contributed by atoms with E-state index in [1.165, 1.54) is 41.8 Å². The number of hydrogen-bond donors (Lipinski definition) is 0. The van der Waals surface area contributed by atoms with Crippen molar-refractivity contribution in [3.05, 3.63) is 95.3 Å². The zero-order valence-electron chi connectivity index (χ0n) is 16.6. The van der Waals surface area contributed by atoms with Crippen molar-refractivity contribution in [1.82, 2.24) is 9.88 Å². The third-order valence-electron chi connectivity index (χ3n) is 5.63. The van der Waals surface area contributed by atoms with Crippen LogP contribution in [-0.2, 0) is 12.8 Å². The maximum Gasteiger partial charge on any atom is 0.119 e. The Morgan fingerprint density at radius 2 is 1.82 bits per heavy atom. The number of ether oxygens (including phenoxy) is 1. The van der Waals surface area contributed by atoms with Gasteiger partial charge in [-0.3, -0.25) is 9.88 Å². The Hall–Kier alpha value is -2.65. The molecule has 2 aromatic carbocycles. The van der Waals surface area contributed by atoms with Gasteiger partial charge in [0.2, 0.25) is 0 Å². The Labute approximate surface area is 168 Å². The topological polar surface area (TPSA) is 25.4 Å². The lowest BCUT2D eigenvalue weighted by molar-refractivity contribution is 0.256. The summed E-state index contributed by atoms with van der Waals surface area (Å²) in [5.41, 5.74) is 5.11. The van der Waals surface area contributed by atoms with Gasteiger partial charge in [0.15, 0.2) is 0 Å². The first-order valence-corrected chi connectivity index (χ1v) is 10.2. The summed E-state index contributed by atoms with van der Waals surface area (Å²) in [6.45, 7) is 2.27. The zero-order chi connectivity index (χ0) is 19.2. The maximum atomic E-state index is 5.32. The van der Waals surface area contributed by atoms with E-state index in [2.05, 4.69) is 59.5 Å². The van der Waals surface area contributed by atoms with Gasteiger partial charge in [0.05, 0.1) is 18.8 Å². The van der Waals surface area contributed by atoms with Crippen molar-refractivity contribution in [3.8, 4) is 5.75 Å². The number of aromatic nitrogens is 1. The summed E-state index contributed by atoms with van der Waals surface area (Å²) in [5.74, 6) is 0.905. The summed E-state index contributed by atoms with van der Waals surface area (Å²) in [6, 6.07) is 23.9. The average Bonchev–Trinajstić information content (AvgIpc) is 3.22. The lowest BCUT2D eigenvalue weighted by atomic mass is 10.0. The molecule has 0 saturated carbocycles. The molecule has 0 N–H and O–H groups in total. The van der Waals surface area contributed by atoms with Crippen LogP contribution >= 0.6 is 0 Å². The van der Waals surface area contributed by atoms with Gasteiger partial charge in [-0.15, -0.1) is 0 Å². The first kappa shape index (κ1) is 18.7. The summed E-state index contributed by atoms with van der Waals surface area (Å²) in [6.07, 6.45) is 6.49. The predicted molar refractivity (Wildman–Crippen MR) is 114 cm³/mol. The lowest BCUT2D eigenvalue weighted by Gasteiger charge is -2.24. The highest BCUT2D eigenvalue weighted by atomic mass is 16.5. The minimum atomic E-state index is 0.453. The van der Waals surface area contributed by atoms with E-state index in [1.54, 1.807) is 7.11 Å². The Bertz CT molecular complexity index is 877. The number of pyridine rings is 1. The van der Waals surface area contributed by atoms with Crippen molar-refractivity contribution in [3.63, 3.8) is 0 Å². The van der Waals surface area contributed by atoms with Crippen LogP contribution in [0.25, 0.3) is 0 Å². The monoisotopic (exact) mass is 372 g/mol. The number of benzene rings is 2. The molecule has 4 rings (SSSR count). The Morgan fingerprint density at radius 1 is 0.964 bits per heavy atom. The summed E-state index contributed by atoms with van der Waals surface area (Å²) < 4.78 is 5.32. The van der Waals surface area contributed by atoms with Crippen LogP contribution in [0.4, 0.5) is 0 Å². The van der Waals surface area contributed by atoms with Crippen LogP contribution in [0.3, 0.4) is 0 Å². The van der Waals surface area contributed by atoms with Gasteiger partial charge in [-0.25, -0.2) is 0 Å². The van der Waals surface area contributed by atoms with E-state index in [4.69, 9.17) is 9.72 Å². The molecule has 28 heavy (non-hydrogen) atoms. The lowest BCUT2D eigenvalue weighted by Crippen LogP contribution is -2.26. The quantitative estimate of drug-likeness (QED) is 0.580. The molecule has 0 radical (unpaired) electrons. The average molecular weight is 373 g/mol. The van der Waals surface area contributed by atoms with Gasteiger partial charge < -0.3 is 4.74 Å². The van der Waals surface area contributed by atoms with Crippen LogP contribution in [0.15, 0.2) is 72.9 Å². The minimum absolute atomic E-state index is 0.453. The third-order valence-corrected chi connectivity index (χ3v) is 5.63. The first-order valence-electron chi connectivity index (χ1n) is 10.2. The highest BCUT2D eigenvalue weighted by Gasteiger charge is 2.26. The normalized spacial score (nSPS) is 17.0. The zero-order valence-corrected chi connectivity index (χ0v) is 16.6. The van der Waals surface area contributed by atoms with Crippen LogP contribution in [0.2, 0.25) is 0 Å². The van der Waals surface area contributed by atoms with Crippen molar-refractivity contribution in [2.45, 2.75) is 31.7 Å². The van der Waals surface area contributed by atoms with E-state index < -0.39 is 0 Å². The van der Waals surface area contributed by atoms with E-state index in [0.29, 0.717) is 6.04 Å². The number of methoxy groups -OCH3 is 1. The molecular formula is C25H28N2O. The number of hydrogen-bond acceptors (Lipinski definition) is 3. The molecule has 2 heterocycles. The summed E-state index contributed by atoms with van der Waals surface area (Å²) in [7, 11) is 1.71. The van der Waals surface area contributed by atoms with Crippen LogP contribution in [0, 0.1) is 0 Å². The highest BCUT2D eigenvalue weighted by Crippen LogP contribution is 2.31. The molecule has 0 aliphatic carbocycles. The SMILES string of the molecule is COc1cccc(Cc2ccc([C@H]3CCCN3CCc3ccccc3)nc2)c1. The summed E-state index contributed by atoms with van der Waals surface area (Å²) in [5, 5.41) is 0. The molecule has 1 aliphatic heterocycles. The number of nitrogens with zero attached hydrogens (tertiary/aromatic N) is 2. The highest BCUT2D eigenvalue weighted by molar-refractivity contribution is 5.32. The van der Waals surface area contributed by atoms with Gasteiger partial charge >= 0.3 is 0 Å². The largest absolute Gasteiger partial charge is 0.497 e. The molecule has 1 fully saturated rings. The molecule has 144 valence electrons. The molecule has 1 atom stereocenters. The second-order valence-electron chi connectivity index (χ2n) is 7.55. The molecule has 0 unspecified atom stereocenters. The fourth-order valence-corrected chi connectivity index (χ4v) is 4.10. The predicted octanol–water partition coefficient (Wildman–Crippen LogP) is 5.06.